The molecule has 0 unspecified atom stereocenters. The molecule has 8 fully saturated rings. The van der Waals surface area contributed by atoms with Gasteiger partial charge >= 0.3 is 0 Å². The third-order valence-corrected chi connectivity index (χ3v) is 16.0. The molecular formula is C50H61ClN8O2. The Bertz CT molecular complexity index is 2130. The molecule has 11 heteroatoms. The summed E-state index contributed by atoms with van der Waals surface area (Å²) in [7, 11) is 0. The lowest BCUT2D eigenvalue weighted by molar-refractivity contribution is -0.0446. The molecule has 10 nitrogen and oxygen atoms in total. The fourth-order valence-electron chi connectivity index (χ4n) is 14.0. The molecule has 2 aromatic carbocycles. The summed E-state index contributed by atoms with van der Waals surface area (Å²) in [6.07, 6.45) is 22.9. The SMILES string of the molecule is O=C(Cl)c1ccccc1.O=C(c1ccccc1)N1CCc2c(ncnc2NCC23CC4CC(CC(C4)C2)C3)C1.c1nc2c(c(NCC34CC5CC(CC(C5)C3)C4)n1)CCNC2. The lowest BCUT2D eigenvalue weighted by Crippen LogP contribution is -2.49. The van der Waals surface area contributed by atoms with Crippen LogP contribution in [0.5, 0.6) is 0 Å². The predicted molar refractivity (Wildman–Crippen MR) is 239 cm³/mol. The molecule has 8 bridgehead atoms. The molecule has 320 valence electrons. The molecule has 4 aromatic rings. The zero-order valence-electron chi connectivity index (χ0n) is 35.5. The molecule has 0 saturated heterocycles. The van der Waals surface area contributed by atoms with Gasteiger partial charge in [-0.15, -0.1) is 0 Å². The van der Waals surface area contributed by atoms with Gasteiger partial charge in [0.25, 0.3) is 11.1 Å². The third-order valence-electron chi connectivity index (χ3n) is 15.8. The number of carbonyl (C=O) groups is 2. The van der Waals surface area contributed by atoms with Crippen molar-refractivity contribution in [1.29, 1.82) is 0 Å². The van der Waals surface area contributed by atoms with Crippen LogP contribution < -0.4 is 16.0 Å². The van der Waals surface area contributed by atoms with Crippen molar-refractivity contribution in [3.63, 3.8) is 0 Å². The van der Waals surface area contributed by atoms with Crippen molar-refractivity contribution in [2.75, 3.05) is 36.8 Å². The second kappa shape index (κ2) is 17.4. The van der Waals surface area contributed by atoms with Crippen molar-refractivity contribution >= 4 is 34.4 Å². The van der Waals surface area contributed by atoms with Crippen molar-refractivity contribution in [2.24, 2.45) is 46.3 Å². The summed E-state index contributed by atoms with van der Waals surface area (Å²) in [5.41, 5.74) is 7.08. The van der Waals surface area contributed by atoms with Crippen molar-refractivity contribution in [1.82, 2.24) is 30.2 Å². The molecule has 0 spiro atoms. The van der Waals surface area contributed by atoms with E-state index in [-0.39, 0.29) is 5.91 Å². The average molecular weight is 842 g/mol. The van der Waals surface area contributed by atoms with Gasteiger partial charge < -0.3 is 20.9 Å². The normalized spacial score (nSPS) is 30.8. The van der Waals surface area contributed by atoms with Crippen LogP contribution in [0.4, 0.5) is 11.6 Å². The summed E-state index contributed by atoms with van der Waals surface area (Å²) in [6, 6.07) is 18.3. The summed E-state index contributed by atoms with van der Waals surface area (Å²) >= 11 is 5.16. The molecule has 1 amide bonds. The van der Waals surface area contributed by atoms with Gasteiger partial charge in [0.2, 0.25) is 0 Å². The number of nitrogens with zero attached hydrogens (tertiary/aromatic N) is 5. The highest BCUT2D eigenvalue weighted by Gasteiger charge is 2.52. The maximum Gasteiger partial charge on any atom is 0.254 e. The standard InChI is InChI=1S/C25H30N4O.C18H26N4.C7H5ClO/c30-24(20-4-2-1-3-5-20)29-7-6-21-22(14-29)27-16-28-23(21)26-15-25-11-17-8-18(12-25)10-19(9-17)13-25;1-2-19-9-16-15(1)17(22-11-21-16)20-10-18-6-12-3-13(7-18)5-14(4-12)8-18;8-7(9)6-4-2-1-3-5-6/h1-5,16-19H,6-15H2,(H,26,27,28);11-14,19H,1-10H2,(H,20,21,22);1-5H. The van der Waals surface area contributed by atoms with E-state index in [1.54, 1.807) is 36.9 Å². The van der Waals surface area contributed by atoms with E-state index in [0.29, 0.717) is 22.9 Å². The summed E-state index contributed by atoms with van der Waals surface area (Å²) < 4.78 is 0. The van der Waals surface area contributed by atoms with E-state index >= 15 is 0 Å². The van der Waals surface area contributed by atoms with Gasteiger partial charge in [-0.3, -0.25) is 9.59 Å². The van der Waals surface area contributed by atoms with Crippen LogP contribution in [0.2, 0.25) is 0 Å². The first-order valence-electron chi connectivity index (χ1n) is 23.2. The Morgan fingerprint density at radius 3 is 1.56 bits per heavy atom. The quantitative estimate of drug-likeness (QED) is 0.149. The van der Waals surface area contributed by atoms with Gasteiger partial charge in [-0.05, 0) is 167 Å². The van der Waals surface area contributed by atoms with E-state index in [0.717, 1.165) is 104 Å². The number of fused-ring (bicyclic) bond motifs is 2. The summed E-state index contributed by atoms with van der Waals surface area (Å²) in [6.45, 7) is 5.41. The van der Waals surface area contributed by atoms with Gasteiger partial charge in [0.15, 0.2) is 0 Å². The minimum Gasteiger partial charge on any atom is -0.369 e. The highest BCUT2D eigenvalue weighted by molar-refractivity contribution is 6.67. The zero-order valence-corrected chi connectivity index (χ0v) is 36.2. The minimum atomic E-state index is -0.407. The smallest absolute Gasteiger partial charge is 0.254 e. The van der Waals surface area contributed by atoms with E-state index in [2.05, 4.69) is 35.9 Å². The largest absolute Gasteiger partial charge is 0.369 e. The Morgan fingerprint density at radius 2 is 1.08 bits per heavy atom. The molecule has 0 atom stereocenters. The number of hydrogen-bond acceptors (Lipinski definition) is 9. The van der Waals surface area contributed by atoms with Crippen LogP contribution in [0.3, 0.4) is 0 Å². The fraction of sp³-hybridized carbons (Fsp3) is 0.560. The Balaban J connectivity index is 0.000000125. The number of benzene rings is 2. The van der Waals surface area contributed by atoms with E-state index in [4.69, 9.17) is 11.6 Å². The minimum absolute atomic E-state index is 0.0861. The second-order valence-electron chi connectivity index (χ2n) is 20.2. The van der Waals surface area contributed by atoms with E-state index in [1.165, 1.54) is 93.9 Å². The lowest BCUT2D eigenvalue weighted by atomic mass is 9.49. The van der Waals surface area contributed by atoms with Gasteiger partial charge in [0.05, 0.1) is 17.9 Å². The number of amides is 1. The van der Waals surface area contributed by atoms with Crippen LogP contribution in [-0.4, -0.2) is 62.2 Å². The zero-order chi connectivity index (χ0) is 41.4. The Kier molecular flexibility index (Phi) is 11.6. The maximum atomic E-state index is 12.8. The number of anilines is 2. The van der Waals surface area contributed by atoms with Gasteiger partial charge in [0, 0.05) is 48.4 Å². The van der Waals surface area contributed by atoms with Crippen LogP contribution >= 0.6 is 11.6 Å². The molecular weight excluding hydrogens is 780 g/mol. The van der Waals surface area contributed by atoms with E-state index in [9.17, 15) is 9.59 Å². The monoisotopic (exact) mass is 840 g/mol. The third kappa shape index (κ3) is 8.95. The van der Waals surface area contributed by atoms with Gasteiger partial charge in [-0.2, -0.15) is 0 Å². The van der Waals surface area contributed by atoms with Crippen LogP contribution in [0, 0.1) is 46.3 Å². The second-order valence-corrected chi connectivity index (χ2v) is 20.6. The predicted octanol–water partition coefficient (Wildman–Crippen LogP) is 9.12. The van der Waals surface area contributed by atoms with E-state index in [1.807, 2.05) is 41.3 Å². The molecule has 61 heavy (non-hydrogen) atoms. The first-order valence-corrected chi connectivity index (χ1v) is 23.6. The molecule has 4 heterocycles. The molecule has 2 aromatic heterocycles. The molecule has 3 N–H and O–H groups in total. The van der Waals surface area contributed by atoms with Crippen LogP contribution in [-0.2, 0) is 25.9 Å². The van der Waals surface area contributed by atoms with Gasteiger partial charge in [-0.25, -0.2) is 19.9 Å². The maximum absolute atomic E-state index is 12.8. The van der Waals surface area contributed by atoms with Gasteiger partial charge in [-0.1, -0.05) is 48.5 Å². The molecule has 10 aliphatic rings. The molecule has 14 rings (SSSR count). The molecule has 0 radical (unpaired) electrons. The van der Waals surface area contributed by atoms with Crippen LogP contribution in [0.15, 0.2) is 73.3 Å². The molecule has 8 saturated carbocycles. The number of halogens is 1. The molecule has 2 aliphatic heterocycles. The highest BCUT2D eigenvalue weighted by Crippen LogP contribution is 2.61. The van der Waals surface area contributed by atoms with E-state index < -0.39 is 5.24 Å². The Morgan fingerprint density at radius 1 is 0.623 bits per heavy atom. The van der Waals surface area contributed by atoms with Crippen molar-refractivity contribution < 1.29 is 9.59 Å². The summed E-state index contributed by atoms with van der Waals surface area (Å²) in [4.78, 5) is 43.3. The van der Waals surface area contributed by atoms with Crippen molar-refractivity contribution in [2.45, 2.75) is 103 Å². The van der Waals surface area contributed by atoms with Gasteiger partial charge in [0.1, 0.15) is 24.3 Å². The first kappa shape index (κ1) is 40.6. The number of aromatic nitrogens is 4. The fourth-order valence-corrected chi connectivity index (χ4v) is 14.1. The number of carbonyl (C=O) groups excluding carboxylic acids is 2. The topological polar surface area (TPSA) is 125 Å². The molecule has 8 aliphatic carbocycles. The Hall–Kier alpha value is -4.41. The number of nitrogens with one attached hydrogen (secondary N) is 3. The van der Waals surface area contributed by atoms with Crippen molar-refractivity contribution in [3.05, 3.63) is 107 Å². The first-order chi connectivity index (χ1) is 29.8. The average Bonchev–Trinajstić information content (AvgIpc) is 3.27. The van der Waals surface area contributed by atoms with Crippen LogP contribution in [0.1, 0.15) is 120 Å². The number of hydrogen-bond donors (Lipinski definition) is 3. The van der Waals surface area contributed by atoms with Crippen LogP contribution in [0.25, 0.3) is 0 Å². The van der Waals surface area contributed by atoms with Crippen molar-refractivity contribution in [3.8, 4) is 0 Å². The lowest BCUT2D eigenvalue weighted by Gasteiger charge is -2.57. The summed E-state index contributed by atoms with van der Waals surface area (Å²) in [5.74, 6) is 8.18. The number of rotatable bonds is 8. The Labute approximate surface area is 365 Å². The summed E-state index contributed by atoms with van der Waals surface area (Å²) in [5, 5.41) is 10.5. The highest BCUT2D eigenvalue weighted by atomic mass is 35.5.